The van der Waals surface area contributed by atoms with Gasteiger partial charge in [-0.25, -0.2) is 4.98 Å². The standard InChI is InChI=1S/C22H24ClN3O/c1-3-4-12-25-20-10-6-5-9-18(20)24-22(25)16-13-21(27)26(14-16)19-11-7-8-17(23)15(19)2/h5-11,16H,3-4,12-14H2,1-2H3/t16-/m0/s1. The van der Waals surface area contributed by atoms with Gasteiger partial charge in [0.25, 0.3) is 0 Å². The lowest BCUT2D eigenvalue weighted by Crippen LogP contribution is -2.25. The zero-order valence-electron chi connectivity index (χ0n) is 15.8. The van der Waals surface area contributed by atoms with Crippen molar-refractivity contribution >= 4 is 34.2 Å². The van der Waals surface area contributed by atoms with Crippen LogP contribution < -0.4 is 4.90 Å². The van der Waals surface area contributed by atoms with Crippen molar-refractivity contribution in [1.29, 1.82) is 0 Å². The van der Waals surface area contributed by atoms with E-state index in [4.69, 9.17) is 16.6 Å². The molecule has 2 heterocycles. The molecule has 4 rings (SSSR count). The predicted molar refractivity (Wildman–Crippen MR) is 111 cm³/mol. The fourth-order valence-electron chi connectivity index (χ4n) is 3.96. The molecule has 1 atom stereocenters. The average Bonchev–Trinajstić information content (AvgIpc) is 3.23. The number of carbonyl (C=O) groups is 1. The first-order chi connectivity index (χ1) is 13.1. The third-order valence-electron chi connectivity index (χ3n) is 5.44. The first-order valence-corrected chi connectivity index (χ1v) is 9.98. The van der Waals surface area contributed by atoms with Crippen molar-refractivity contribution in [3.8, 4) is 0 Å². The maximum Gasteiger partial charge on any atom is 0.227 e. The van der Waals surface area contributed by atoms with Crippen LogP contribution in [0.1, 0.15) is 43.5 Å². The highest BCUT2D eigenvalue weighted by Crippen LogP contribution is 2.36. The van der Waals surface area contributed by atoms with Crippen LogP contribution in [0, 0.1) is 6.92 Å². The minimum atomic E-state index is 0.0973. The highest BCUT2D eigenvalue weighted by molar-refractivity contribution is 6.31. The van der Waals surface area contributed by atoms with Gasteiger partial charge in [-0.05, 0) is 43.2 Å². The number of benzene rings is 2. The zero-order valence-corrected chi connectivity index (χ0v) is 16.5. The molecular formula is C22H24ClN3O. The maximum atomic E-state index is 12.8. The molecule has 0 aliphatic carbocycles. The molecule has 3 aromatic rings. The number of para-hydroxylation sites is 2. The lowest BCUT2D eigenvalue weighted by molar-refractivity contribution is -0.117. The van der Waals surface area contributed by atoms with E-state index < -0.39 is 0 Å². The van der Waals surface area contributed by atoms with Gasteiger partial charge < -0.3 is 9.47 Å². The Balaban J connectivity index is 1.70. The SMILES string of the molecule is CCCCn1c([C@H]2CC(=O)N(c3cccc(Cl)c3C)C2)nc2ccccc21. The van der Waals surface area contributed by atoms with Gasteiger partial charge in [-0.15, -0.1) is 0 Å². The third kappa shape index (κ3) is 3.23. The molecule has 0 spiro atoms. The van der Waals surface area contributed by atoms with Crippen LogP contribution in [-0.4, -0.2) is 22.0 Å². The van der Waals surface area contributed by atoms with E-state index in [-0.39, 0.29) is 11.8 Å². The summed E-state index contributed by atoms with van der Waals surface area (Å²) in [5.74, 6) is 1.26. The Labute approximate surface area is 164 Å². The number of amides is 1. The van der Waals surface area contributed by atoms with Crippen LogP contribution in [-0.2, 0) is 11.3 Å². The quantitative estimate of drug-likeness (QED) is 0.600. The number of rotatable bonds is 5. The summed E-state index contributed by atoms with van der Waals surface area (Å²) in [7, 11) is 0. The number of unbranched alkanes of at least 4 members (excludes halogenated alkanes) is 1. The Morgan fingerprint density at radius 3 is 2.81 bits per heavy atom. The van der Waals surface area contributed by atoms with E-state index >= 15 is 0 Å². The van der Waals surface area contributed by atoms with Crippen molar-refractivity contribution in [1.82, 2.24) is 9.55 Å². The highest BCUT2D eigenvalue weighted by Gasteiger charge is 2.35. The van der Waals surface area contributed by atoms with Gasteiger partial charge in [0.2, 0.25) is 5.91 Å². The molecule has 27 heavy (non-hydrogen) atoms. The number of aromatic nitrogens is 2. The van der Waals surface area contributed by atoms with Crippen LogP contribution in [0.4, 0.5) is 5.69 Å². The van der Waals surface area contributed by atoms with Gasteiger partial charge in [0.15, 0.2) is 0 Å². The predicted octanol–water partition coefficient (Wildman–Crippen LogP) is 5.32. The first-order valence-electron chi connectivity index (χ1n) is 9.60. The van der Waals surface area contributed by atoms with Crippen molar-refractivity contribution in [2.45, 2.75) is 45.6 Å². The number of fused-ring (bicyclic) bond motifs is 1. The summed E-state index contributed by atoms with van der Waals surface area (Å²) in [5, 5.41) is 0.693. The second-order valence-electron chi connectivity index (χ2n) is 7.25. The number of aryl methyl sites for hydroxylation is 1. The minimum Gasteiger partial charge on any atom is -0.328 e. The lowest BCUT2D eigenvalue weighted by atomic mass is 10.1. The number of anilines is 1. The molecule has 140 valence electrons. The summed E-state index contributed by atoms with van der Waals surface area (Å²) in [5.41, 5.74) is 4.03. The summed E-state index contributed by atoms with van der Waals surface area (Å²) >= 11 is 6.27. The molecule has 0 unspecified atom stereocenters. The van der Waals surface area contributed by atoms with Gasteiger partial charge in [-0.3, -0.25) is 4.79 Å². The van der Waals surface area contributed by atoms with Gasteiger partial charge in [0.05, 0.1) is 11.0 Å². The van der Waals surface area contributed by atoms with Crippen LogP contribution in [0.15, 0.2) is 42.5 Å². The number of halogens is 1. The highest BCUT2D eigenvalue weighted by atomic mass is 35.5. The molecule has 1 aliphatic rings. The van der Waals surface area contributed by atoms with E-state index in [9.17, 15) is 4.79 Å². The van der Waals surface area contributed by atoms with Gasteiger partial charge >= 0.3 is 0 Å². The molecule has 1 saturated heterocycles. The third-order valence-corrected chi connectivity index (χ3v) is 5.85. The van der Waals surface area contributed by atoms with Gasteiger partial charge in [-0.2, -0.15) is 0 Å². The molecule has 0 saturated carbocycles. The van der Waals surface area contributed by atoms with Crippen LogP contribution in [0.5, 0.6) is 0 Å². The summed E-state index contributed by atoms with van der Waals surface area (Å²) < 4.78 is 2.31. The lowest BCUT2D eigenvalue weighted by Gasteiger charge is -2.20. The molecule has 1 amide bonds. The normalized spacial score (nSPS) is 17.2. The Morgan fingerprint density at radius 1 is 1.19 bits per heavy atom. The summed E-state index contributed by atoms with van der Waals surface area (Å²) in [6.45, 7) is 5.75. The molecule has 1 fully saturated rings. The van der Waals surface area contributed by atoms with Crippen LogP contribution in [0.25, 0.3) is 11.0 Å². The van der Waals surface area contributed by atoms with Crippen LogP contribution in [0.2, 0.25) is 5.02 Å². The Morgan fingerprint density at radius 2 is 2.00 bits per heavy atom. The van der Waals surface area contributed by atoms with Crippen molar-refractivity contribution < 1.29 is 4.79 Å². The second-order valence-corrected chi connectivity index (χ2v) is 7.66. The van der Waals surface area contributed by atoms with E-state index in [1.807, 2.05) is 36.1 Å². The van der Waals surface area contributed by atoms with Crippen molar-refractivity contribution in [2.24, 2.45) is 0 Å². The van der Waals surface area contributed by atoms with Crippen molar-refractivity contribution in [2.75, 3.05) is 11.4 Å². The van der Waals surface area contributed by atoms with Crippen molar-refractivity contribution in [3.05, 3.63) is 58.9 Å². The van der Waals surface area contributed by atoms with Gasteiger partial charge in [-0.1, -0.05) is 43.1 Å². The molecule has 2 aromatic carbocycles. The fraction of sp³-hybridized carbons (Fsp3) is 0.364. The monoisotopic (exact) mass is 381 g/mol. The van der Waals surface area contributed by atoms with Crippen LogP contribution >= 0.6 is 11.6 Å². The largest absolute Gasteiger partial charge is 0.328 e. The Hall–Kier alpha value is -2.33. The molecule has 0 N–H and O–H groups in total. The zero-order chi connectivity index (χ0) is 19.0. The van der Waals surface area contributed by atoms with E-state index in [0.717, 1.165) is 47.5 Å². The fourth-order valence-corrected chi connectivity index (χ4v) is 4.13. The molecular weight excluding hydrogens is 358 g/mol. The second kappa shape index (κ2) is 7.35. The number of hydrogen-bond acceptors (Lipinski definition) is 2. The Bertz CT molecular complexity index is 994. The number of carbonyl (C=O) groups excluding carboxylic acids is 1. The Kier molecular flexibility index (Phi) is 4.92. The van der Waals surface area contributed by atoms with E-state index in [1.165, 1.54) is 0 Å². The maximum absolute atomic E-state index is 12.8. The smallest absolute Gasteiger partial charge is 0.227 e. The summed E-state index contributed by atoms with van der Waals surface area (Å²) in [4.78, 5) is 19.6. The first kappa shape index (κ1) is 18.1. The molecule has 4 nitrogen and oxygen atoms in total. The number of nitrogens with zero attached hydrogens (tertiary/aromatic N) is 3. The minimum absolute atomic E-state index is 0.0973. The van der Waals surface area contributed by atoms with E-state index in [2.05, 4.69) is 29.7 Å². The van der Waals surface area contributed by atoms with Gasteiger partial charge in [0.1, 0.15) is 5.82 Å². The number of imidazole rings is 1. The molecule has 1 aromatic heterocycles. The van der Waals surface area contributed by atoms with Crippen LogP contribution in [0.3, 0.4) is 0 Å². The average molecular weight is 382 g/mol. The molecule has 0 radical (unpaired) electrons. The van der Waals surface area contributed by atoms with Gasteiger partial charge in [0, 0.05) is 36.1 Å². The van der Waals surface area contributed by atoms with E-state index in [0.29, 0.717) is 18.0 Å². The molecule has 0 bridgehead atoms. The van der Waals surface area contributed by atoms with Crippen molar-refractivity contribution in [3.63, 3.8) is 0 Å². The van der Waals surface area contributed by atoms with E-state index in [1.54, 1.807) is 0 Å². The topological polar surface area (TPSA) is 38.1 Å². The summed E-state index contributed by atoms with van der Waals surface area (Å²) in [6, 6.07) is 14.0. The molecule has 1 aliphatic heterocycles. The number of hydrogen-bond donors (Lipinski definition) is 0. The summed E-state index contributed by atoms with van der Waals surface area (Å²) in [6.07, 6.45) is 2.72. The molecule has 5 heteroatoms.